The molecule has 4 atom stereocenters. The van der Waals surface area contributed by atoms with Crippen LogP contribution in [0.4, 0.5) is 0 Å². The third kappa shape index (κ3) is 3.58. The first-order chi connectivity index (χ1) is 12.0. The minimum Gasteiger partial charge on any atom is -0.464 e. The van der Waals surface area contributed by atoms with E-state index in [1.54, 1.807) is 21.9 Å². The first-order valence-corrected chi connectivity index (χ1v) is 8.61. The molecule has 136 valence electrons. The van der Waals surface area contributed by atoms with Crippen molar-refractivity contribution in [2.75, 3.05) is 33.8 Å². The number of methoxy groups -OCH3 is 1. The third-order valence-electron chi connectivity index (χ3n) is 5.31. The summed E-state index contributed by atoms with van der Waals surface area (Å²) in [6.07, 6.45) is 5.40. The molecule has 2 unspecified atom stereocenters. The first kappa shape index (κ1) is 17.6. The van der Waals surface area contributed by atoms with Crippen LogP contribution in [0.15, 0.2) is 18.9 Å². The van der Waals surface area contributed by atoms with Gasteiger partial charge < -0.3 is 9.64 Å². The molecule has 2 bridgehead atoms. The molecule has 3 fully saturated rings. The van der Waals surface area contributed by atoms with Gasteiger partial charge in [-0.15, -0.1) is 11.7 Å². The van der Waals surface area contributed by atoms with Crippen LogP contribution in [-0.2, 0) is 16.1 Å². The van der Waals surface area contributed by atoms with Crippen LogP contribution < -0.4 is 0 Å². The number of esters is 1. The Bertz CT molecular complexity index is 658. The molecule has 4 rings (SSSR count). The van der Waals surface area contributed by atoms with Crippen LogP contribution in [-0.4, -0.2) is 76.5 Å². The van der Waals surface area contributed by atoms with Gasteiger partial charge in [0.05, 0.1) is 25.8 Å². The van der Waals surface area contributed by atoms with Crippen LogP contribution in [0.5, 0.6) is 0 Å². The molecule has 8 nitrogen and oxygen atoms in total. The van der Waals surface area contributed by atoms with Gasteiger partial charge in [-0.3, -0.25) is 14.4 Å². The Hall–Kier alpha value is -2.22. The Morgan fingerprint density at radius 2 is 2.32 bits per heavy atom. The van der Waals surface area contributed by atoms with E-state index in [1.807, 2.05) is 7.05 Å². The number of rotatable bonds is 6. The molecule has 3 aliphatic heterocycles. The number of amides is 1. The normalized spacial score (nSPS) is 27.8. The number of carbonyl (C=O) groups is 2. The van der Waals surface area contributed by atoms with Crippen molar-refractivity contribution in [1.82, 2.24) is 24.8 Å². The summed E-state index contributed by atoms with van der Waals surface area (Å²) in [6.45, 7) is 6.75. The quantitative estimate of drug-likeness (QED) is 0.548. The van der Waals surface area contributed by atoms with E-state index in [9.17, 15) is 9.59 Å². The summed E-state index contributed by atoms with van der Waals surface area (Å²) in [6, 6.07) is 0.319. The number of piperidine rings is 3. The minimum absolute atomic E-state index is 0.0660. The molecule has 0 aromatic carbocycles. The molecule has 0 saturated carbocycles. The van der Waals surface area contributed by atoms with Gasteiger partial charge in [-0.25, -0.2) is 4.79 Å². The number of ether oxygens (including phenoxy) is 1. The number of fused-ring (bicyclic) bond motifs is 3. The lowest BCUT2D eigenvalue weighted by Gasteiger charge is -2.49. The number of carbonyl (C=O) groups excluding carboxylic acids is 2. The highest BCUT2D eigenvalue weighted by atomic mass is 16.5. The van der Waals surface area contributed by atoms with E-state index in [0.29, 0.717) is 25.0 Å². The second-order valence-electron chi connectivity index (χ2n) is 6.86. The predicted octanol–water partition coefficient (Wildman–Crippen LogP) is 0.420. The number of likely N-dealkylation sites (N-methyl/N-ethyl adjacent to an activating group) is 1. The molecule has 3 saturated heterocycles. The Labute approximate surface area is 147 Å². The zero-order valence-electron chi connectivity index (χ0n) is 14.8. The summed E-state index contributed by atoms with van der Waals surface area (Å²) in [5.74, 6) is 0.198. The molecule has 1 amide bonds. The SMILES string of the molecule is C=CCN(C)C(=O)[C@H]1CN2CCC1C[C@@H]2Cn1cc(C(=O)OC)nn1. The van der Waals surface area contributed by atoms with Gasteiger partial charge in [0.2, 0.25) is 5.91 Å². The van der Waals surface area contributed by atoms with Crippen LogP contribution >= 0.6 is 0 Å². The summed E-state index contributed by atoms with van der Waals surface area (Å²) >= 11 is 0. The van der Waals surface area contributed by atoms with Crippen LogP contribution in [0.3, 0.4) is 0 Å². The highest BCUT2D eigenvalue weighted by molar-refractivity contribution is 5.86. The largest absolute Gasteiger partial charge is 0.464 e. The van der Waals surface area contributed by atoms with Crippen molar-refractivity contribution in [3.8, 4) is 0 Å². The fourth-order valence-electron chi connectivity index (χ4n) is 3.98. The molecule has 8 heteroatoms. The number of nitrogens with zero attached hydrogens (tertiary/aromatic N) is 5. The molecule has 0 N–H and O–H groups in total. The van der Waals surface area contributed by atoms with E-state index < -0.39 is 5.97 Å². The summed E-state index contributed by atoms with van der Waals surface area (Å²) in [5, 5.41) is 7.87. The van der Waals surface area contributed by atoms with Crippen molar-refractivity contribution < 1.29 is 14.3 Å². The van der Waals surface area contributed by atoms with Crippen LogP contribution in [0.2, 0.25) is 0 Å². The molecular formula is C17H25N5O3. The van der Waals surface area contributed by atoms with Gasteiger partial charge in [0, 0.05) is 26.2 Å². The lowest BCUT2D eigenvalue weighted by Crippen LogP contribution is -2.58. The Balaban J connectivity index is 1.62. The minimum atomic E-state index is -0.479. The fourth-order valence-corrected chi connectivity index (χ4v) is 3.98. The topological polar surface area (TPSA) is 80.6 Å². The molecule has 3 aliphatic rings. The lowest BCUT2D eigenvalue weighted by atomic mass is 9.75. The van der Waals surface area contributed by atoms with Crippen molar-refractivity contribution in [3.63, 3.8) is 0 Å². The van der Waals surface area contributed by atoms with Crippen molar-refractivity contribution in [1.29, 1.82) is 0 Å². The van der Waals surface area contributed by atoms with E-state index in [-0.39, 0.29) is 17.5 Å². The van der Waals surface area contributed by atoms with Crippen LogP contribution in [0.1, 0.15) is 23.3 Å². The van der Waals surface area contributed by atoms with Gasteiger partial charge in [0.25, 0.3) is 0 Å². The van der Waals surface area contributed by atoms with Gasteiger partial charge in [0.15, 0.2) is 5.69 Å². The molecule has 1 aromatic heterocycles. The summed E-state index contributed by atoms with van der Waals surface area (Å²) in [7, 11) is 3.16. The average Bonchev–Trinajstić information content (AvgIpc) is 3.09. The standard InChI is InChI=1S/C17H25N5O3/c1-4-6-20(2)16(23)14-10-21-7-5-12(14)8-13(21)9-22-11-15(18-19-22)17(24)25-3/h4,11-14H,1,5-10H2,2-3H3/t12?,13-,14+/m1/s1. The molecule has 0 radical (unpaired) electrons. The van der Waals surface area contributed by atoms with Gasteiger partial charge in [-0.05, 0) is 25.3 Å². The maximum atomic E-state index is 12.6. The predicted molar refractivity (Wildman–Crippen MR) is 90.8 cm³/mol. The Morgan fingerprint density at radius 1 is 1.52 bits per heavy atom. The average molecular weight is 347 g/mol. The number of aromatic nitrogens is 3. The van der Waals surface area contributed by atoms with Crippen molar-refractivity contribution in [2.45, 2.75) is 25.4 Å². The number of hydrogen-bond donors (Lipinski definition) is 0. The first-order valence-electron chi connectivity index (χ1n) is 8.61. The zero-order valence-corrected chi connectivity index (χ0v) is 14.8. The Morgan fingerprint density at radius 3 is 2.96 bits per heavy atom. The molecule has 1 aromatic rings. The van der Waals surface area contributed by atoms with Gasteiger partial charge in [-0.2, -0.15) is 0 Å². The maximum absolute atomic E-state index is 12.6. The van der Waals surface area contributed by atoms with Gasteiger partial charge >= 0.3 is 5.97 Å². The highest BCUT2D eigenvalue weighted by Gasteiger charge is 2.44. The van der Waals surface area contributed by atoms with Gasteiger partial charge in [0.1, 0.15) is 0 Å². The second-order valence-corrected chi connectivity index (χ2v) is 6.86. The number of hydrogen-bond acceptors (Lipinski definition) is 6. The van der Waals surface area contributed by atoms with Crippen LogP contribution in [0.25, 0.3) is 0 Å². The molecular weight excluding hydrogens is 322 g/mol. The fraction of sp³-hybridized carbons (Fsp3) is 0.647. The smallest absolute Gasteiger partial charge is 0.360 e. The monoisotopic (exact) mass is 347 g/mol. The maximum Gasteiger partial charge on any atom is 0.360 e. The lowest BCUT2D eigenvalue weighted by molar-refractivity contribution is -0.142. The van der Waals surface area contributed by atoms with Crippen molar-refractivity contribution in [2.24, 2.45) is 11.8 Å². The van der Waals surface area contributed by atoms with E-state index in [2.05, 4.69) is 26.5 Å². The van der Waals surface area contributed by atoms with E-state index in [4.69, 9.17) is 0 Å². The summed E-state index contributed by atoms with van der Waals surface area (Å²) in [4.78, 5) is 28.2. The highest BCUT2D eigenvalue weighted by Crippen LogP contribution is 2.37. The molecule has 0 aliphatic carbocycles. The van der Waals surface area contributed by atoms with Crippen molar-refractivity contribution in [3.05, 3.63) is 24.5 Å². The summed E-state index contributed by atoms with van der Waals surface area (Å²) < 4.78 is 6.35. The summed E-state index contributed by atoms with van der Waals surface area (Å²) in [5.41, 5.74) is 0.220. The van der Waals surface area contributed by atoms with E-state index >= 15 is 0 Å². The van der Waals surface area contributed by atoms with Gasteiger partial charge in [-0.1, -0.05) is 11.3 Å². The molecule has 0 spiro atoms. The van der Waals surface area contributed by atoms with Crippen LogP contribution in [0, 0.1) is 11.8 Å². The zero-order chi connectivity index (χ0) is 18.0. The molecule has 4 heterocycles. The van der Waals surface area contributed by atoms with Crippen molar-refractivity contribution >= 4 is 11.9 Å². The second kappa shape index (κ2) is 7.35. The molecule has 25 heavy (non-hydrogen) atoms. The Kier molecular flexibility index (Phi) is 5.17. The van der Waals surface area contributed by atoms with E-state index in [1.165, 1.54) is 7.11 Å². The van der Waals surface area contributed by atoms with E-state index in [0.717, 1.165) is 25.9 Å². The third-order valence-corrected chi connectivity index (χ3v) is 5.31.